The van der Waals surface area contributed by atoms with Crippen LogP contribution in [-0.4, -0.2) is 18.0 Å². The standard InChI is InChI=1S/C8H14N2S/c1-10-8(11-6-9)7-4-2-3-5-7/h2-3,7H,4-6,9H2,1H3. The fourth-order valence-electron chi connectivity index (χ4n) is 1.27. The zero-order chi connectivity index (χ0) is 8.10. The molecular weight excluding hydrogens is 156 g/mol. The number of hydrogen-bond donors (Lipinski definition) is 1. The Bertz CT molecular complexity index is 167. The Morgan fingerprint density at radius 1 is 1.64 bits per heavy atom. The minimum absolute atomic E-state index is 0.619. The van der Waals surface area contributed by atoms with Crippen LogP contribution in [0.4, 0.5) is 0 Å². The van der Waals surface area contributed by atoms with Crippen LogP contribution in [0, 0.1) is 5.92 Å². The van der Waals surface area contributed by atoms with Gasteiger partial charge in [0.2, 0.25) is 0 Å². The molecule has 0 radical (unpaired) electrons. The highest BCUT2D eigenvalue weighted by molar-refractivity contribution is 8.13. The molecule has 0 aromatic rings. The summed E-state index contributed by atoms with van der Waals surface area (Å²) in [5.74, 6) is 1.26. The van der Waals surface area contributed by atoms with E-state index in [4.69, 9.17) is 5.73 Å². The van der Waals surface area contributed by atoms with Crippen molar-refractivity contribution >= 4 is 16.8 Å². The van der Waals surface area contributed by atoms with Gasteiger partial charge in [-0.15, -0.1) is 0 Å². The molecule has 1 aliphatic rings. The molecule has 0 fully saturated rings. The van der Waals surface area contributed by atoms with Crippen LogP contribution in [0.3, 0.4) is 0 Å². The number of hydrogen-bond acceptors (Lipinski definition) is 3. The molecule has 0 unspecified atom stereocenters. The second-order valence-corrected chi connectivity index (χ2v) is 3.55. The van der Waals surface area contributed by atoms with Crippen molar-refractivity contribution in [3.05, 3.63) is 12.2 Å². The van der Waals surface area contributed by atoms with Crippen molar-refractivity contribution < 1.29 is 0 Å². The van der Waals surface area contributed by atoms with E-state index in [9.17, 15) is 0 Å². The molecule has 2 N–H and O–H groups in total. The first-order valence-electron chi connectivity index (χ1n) is 3.83. The van der Waals surface area contributed by atoms with Crippen LogP contribution in [0.1, 0.15) is 12.8 Å². The zero-order valence-corrected chi connectivity index (χ0v) is 7.60. The van der Waals surface area contributed by atoms with Crippen molar-refractivity contribution in [1.82, 2.24) is 0 Å². The lowest BCUT2D eigenvalue weighted by Crippen LogP contribution is -2.10. The molecule has 0 saturated heterocycles. The van der Waals surface area contributed by atoms with Gasteiger partial charge in [-0.2, -0.15) is 0 Å². The van der Waals surface area contributed by atoms with Gasteiger partial charge in [0, 0.05) is 18.8 Å². The van der Waals surface area contributed by atoms with Gasteiger partial charge in [-0.1, -0.05) is 23.9 Å². The number of thioether (sulfide) groups is 1. The number of nitrogens with two attached hydrogens (primary N) is 1. The predicted octanol–water partition coefficient (Wildman–Crippen LogP) is 1.63. The van der Waals surface area contributed by atoms with Gasteiger partial charge in [0.15, 0.2) is 0 Å². The molecule has 2 nitrogen and oxygen atoms in total. The number of nitrogens with zero attached hydrogens (tertiary/aromatic N) is 1. The summed E-state index contributed by atoms with van der Waals surface area (Å²) in [5.41, 5.74) is 5.43. The van der Waals surface area contributed by atoms with E-state index in [0.29, 0.717) is 11.8 Å². The third-order valence-electron chi connectivity index (χ3n) is 1.81. The Balaban J connectivity index is 2.43. The third kappa shape index (κ3) is 2.34. The largest absolute Gasteiger partial charge is 0.322 e. The SMILES string of the molecule is CN=C(SCN)C1CC=CC1. The monoisotopic (exact) mass is 170 g/mol. The van der Waals surface area contributed by atoms with Gasteiger partial charge in [0.1, 0.15) is 0 Å². The maximum Gasteiger partial charge on any atom is 0.0722 e. The summed E-state index contributed by atoms with van der Waals surface area (Å²) in [6.45, 7) is 0. The van der Waals surface area contributed by atoms with Crippen molar-refractivity contribution in [3.63, 3.8) is 0 Å². The Labute approximate surface area is 72.0 Å². The molecule has 0 aromatic heterocycles. The van der Waals surface area contributed by atoms with E-state index in [1.54, 1.807) is 11.8 Å². The molecule has 1 rings (SSSR count). The summed E-state index contributed by atoms with van der Waals surface area (Å²) in [5, 5.41) is 1.21. The van der Waals surface area contributed by atoms with E-state index in [1.807, 2.05) is 7.05 Å². The van der Waals surface area contributed by atoms with E-state index < -0.39 is 0 Å². The van der Waals surface area contributed by atoms with Crippen LogP contribution in [0.5, 0.6) is 0 Å². The fraction of sp³-hybridized carbons (Fsp3) is 0.625. The van der Waals surface area contributed by atoms with Gasteiger partial charge in [0.05, 0.1) is 5.04 Å². The lowest BCUT2D eigenvalue weighted by atomic mass is 10.1. The van der Waals surface area contributed by atoms with Crippen LogP contribution in [-0.2, 0) is 0 Å². The highest BCUT2D eigenvalue weighted by Gasteiger charge is 2.15. The summed E-state index contributed by atoms with van der Waals surface area (Å²) in [4.78, 5) is 4.22. The Morgan fingerprint density at radius 2 is 2.27 bits per heavy atom. The normalized spacial score (nSPS) is 19.6. The molecule has 0 heterocycles. The summed E-state index contributed by atoms with van der Waals surface area (Å²) in [6.07, 6.45) is 6.71. The minimum Gasteiger partial charge on any atom is -0.322 e. The summed E-state index contributed by atoms with van der Waals surface area (Å²) in [7, 11) is 1.84. The van der Waals surface area contributed by atoms with Crippen molar-refractivity contribution in [2.24, 2.45) is 16.6 Å². The van der Waals surface area contributed by atoms with Crippen molar-refractivity contribution in [2.45, 2.75) is 12.8 Å². The molecule has 0 bridgehead atoms. The Hall–Kier alpha value is -0.280. The predicted molar refractivity (Wildman–Crippen MR) is 51.9 cm³/mol. The zero-order valence-electron chi connectivity index (χ0n) is 6.79. The highest BCUT2D eigenvalue weighted by Crippen LogP contribution is 2.24. The molecule has 62 valence electrons. The highest BCUT2D eigenvalue weighted by atomic mass is 32.2. The van der Waals surface area contributed by atoms with Crippen LogP contribution in [0.2, 0.25) is 0 Å². The van der Waals surface area contributed by atoms with Gasteiger partial charge < -0.3 is 5.73 Å². The fourth-order valence-corrected chi connectivity index (χ4v) is 2.00. The first-order chi connectivity index (χ1) is 5.38. The molecular formula is C8H14N2S. The maximum atomic E-state index is 5.43. The molecule has 11 heavy (non-hydrogen) atoms. The smallest absolute Gasteiger partial charge is 0.0722 e. The van der Waals surface area contributed by atoms with Gasteiger partial charge in [-0.25, -0.2) is 0 Å². The van der Waals surface area contributed by atoms with E-state index in [2.05, 4.69) is 17.1 Å². The van der Waals surface area contributed by atoms with E-state index in [-0.39, 0.29) is 0 Å². The lowest BCUT2D eigenvalue weighted by Gasteiger charge is -2.10. The minimum atomic E-state index is 0.619. The van der Waals surface area contributed by atoms with Crippen LogP contribution in [0.15, 0.2) is 17.1 Å². The van der Waals surface area contributed by atoms with E-state index >= 15 is 0 Å². The first-order valence-corrected chi connectivity index (χ1v) is 4.81. The van der Waals surface area contributed by atoms with Crippen LogP contribution in [0.25, 0.3) is 0 Å². The van der Waals surface area contributed by atoms with Gasteiger partial charge in [0.25, 0.3) is 0 Å². The Kier molecular flexibility index (Phi) is 3.66. The van der Waals surface area contributed by atoms with Crippen molar-refractivity contribution in [2.75, 3.05) is 12.9 Å². The van der Waals surface area contributed by atoms with E-state index in [1.165, 1.54) is 5.04 Å². The molecule has 0 aromatic carbocycles. The molecule has 1 aliphatic carbocycles. The maximum absolute atomic E-state index is 5.43. The molecule has 0 spiro atoms. The molecule has 0 atom stereocenters. The average molecular weight is 170 g/mol. The quantitative estimate of drug-likeness (QED) is 0.296. The summed E-state index contributed by atoms with van der Waals surface area (Å²) < 4.78 is 0. The number of aliphatic imine (C=N–C) groups is 1. The Morgan fingerprint density at radius 3 is 2.73 bits per heavy atom. The topological polar surface area (TPSA) is 38.4 Å². The molecule has 0 saturated carbocycles. The second-order valence-electron chi connectivity index (χ2n) is 2.51. The van der Waals surface area contributed by atoms with Crippen LogP contribution >= 0.6 is 11.8 Å². The number of rotatable bonds is 2. The molecule has 0 amide bonds. The first kappa shape index (κ1) is 8.81. The molecule has 3 heteroatoms. The van der Waals surface area contributed by atoms with Gasteiger partial charge >= 0.3 is 0 Å². The van der Waals surface area contributed by atoms with Crippen LogP contribution < -0.4 is 5.73 Å². The lowest BCUT2D eigenvalue weighted by molar-refractivity contribution is 0.772. The summed E-state index contributed by atoms with van der Waals surface area (Å²) in [6, 6.07) is 0. The number of allylic oxidation sites excluding steroid dienone is 2. The van der Waals surface area contributed by atoms with E-state index in [0.717, 1.165) is 12.8 Å². The van der Waals surface area contributed by atoms with Crippen molar-refractivity contribution in [3.8, 4) is 0 Å². The van der Waals surface area contributed by atoms with Gasteiger partial charge in [-0.05, 0) is 12.8 Å². The molecule has 0 aliphatic heterocycles. The second kappa shape index (κ2) is 4.57. The van der Waals surface area contributed by atoms with Crippen molar-refractivity contribution in [1.29, 1.82) is 0 Å². The summed E-state index contributed by atoms with van der Waals surface area (Å²) >= 11 is 1.66. The average Bonchev–Trinajstić information content (AvgIpc) is 2.52. The third-order valence-corrected chi connectivity index (χ3v) is 2.79. The van der Waals surface area contributed by atoms with Gasteiger partial charge in [-0.3, -0.25) is 4.99 Å².